The van der Waals surface area contributed by atoms with Crippen LogP contribution in [0, 0.1) is 3.57 Å². The van der Waals surface area contributed by atoms with E-state index in [1.807, 2.05) is 24.3 Å². The lowest BCUT2D eigenvalue weighted by Crippen LogP contribution is -3.16. The standard InChI is InChI=1S/C14H19IN2O2/c1-10-7-17(8-11(2)19-10)9-14(18)16-13-5-3-4-12(15)6-13/h3-6,10-11H,7-9H2,1-2H3,(H,16,18)/p+1/t10-,11-/m1/s1. The molecule has 1 amide bonds. The molecule has 0 saturated carbocycles. The van der Waals surface area contributed by atoms with E-state index in [0.717, 1.165) is 22.3 Å². The number of morpholine rings is 1. The van der Waals surface area contributed by atoms with Gasteiger partial charge in [-0.1, -0.05) is 6.07 Å². The van der Waals surface area contributed by atoms with Gasteiger partial charge in [0.2, 0.25) is 0 Å². The highest BCUT2D eigenvalue weighted by Crippen LogP contribution is 2.11. The van der Waals surface area contributed by atoms with E-state index in [2.05, 4.69) is 41.8 Å². The third kappa shape index (κ3) is 4.74. The number of ether oxygens (including phenoxy) is 1. The van der Waals surface area contributed by atoms with Gasteiger partial charge < -0.3 is 15.0 Å². The molecule has 0 spiro atoms. The van der Waals surface area contributed by atoms with Gasteiger partial charge in [0.1, 0.15) is 25.3 Å². The molecule has 104 valence electrons. The summed E-state index contributed by atoms with van der Waals surface area (Å²) in [6.07, 6.45) is 0.452. The molecule has 1 aliphatic rings. The van der Waals surface area contributed by atoms with Crippen LogP contribution in [0.5, 0.6) is 0 Å². The molecule has 1 aromatic carbocycles. The maximum absolute atomic E-state index is 12.0. The van der Waals surface area contributed by atoms with Crippen LogP contribution in [0.15, 0.2) is 24.3 Å². The van der Waals surface area contributed by atoms with Gasteiger partial charge in [0.05, 0.1) is 0 Å². The molecule has 1 heterocycles. The zero-order valence-electron chi connectivity index (χ0n) is 11.3. The molecule has 2 N–H and O–H groups in total. The Hall–Kier alpha value is -0.660. The maximum atomic E-state index is 12.0. The first-order valence-corrected chi connectivity index (χ1v) is 7.65. The van der Waals surface area contributed by atoms with E-state index in [9.17, 15) is 4.79 Å². The lowest BCUT2D eigenvalue weighted by atomic mass is 10.2. The third-order valence-corrected chi connectivity index (χ3v) is 3.81. The van der Waals surface area contributed by atoms with Gasteiger partial charge in [0.25, 0.3) is 5.91 Å². The number of quaternary nitrogens is 1. The van der Waals surface area contributed by atoms with Crippen LogP contribution in [0.2, 0.25) is 0 Å². The Bertz CT molecular complexity index is 443. The van der Waals surface area contributed by atoms with Crippen LogP contribution in [0.3, 0.4) is 0 Å². The molecule has 5 heteroatoms. The predicted octanol–water partition coefficient (Wildman–Crippen LogP) is 0.922. The van der Waals surface area contributed by atoms with Gasteiger partial charge in [-0.2, -0.15) is 0 Å². The first-order chi connectivity index (χ1) is 9.02. The summed E-state index contributed by atoms with van der Waals surface area (Å²) < 4.78 is 6.80. The summed E-state index contributed by atoms with van der Waals surface area (Å²) in [5.41, 5.74) is 0.866. The van der Waals surface area contributed by atoms with Crippen molar-refractivity contribution in [1.29, 1.82) is 0 Å². The molecular weight excluding hydrogens is 355 g/mol. The molecule has 2 rings (SSSR count). The molecule has 0 aliphatic carbocycles. The second-order valence-electron chi connectivity index (χ2n) is 5.15. The molecular formula is C14H20IN2O2+. The van der Waals surface area contributed by atoms with Gasteiger partial charge in [-0.15, -0.1) is 0 Å². The number of carbonyl (C=O) groups is 1. The Labute approximate surface area is 127 Å². The van der Waals surface area contributed by atoms with Crippen molar-refractivity contribution < 1.29 is 14.4 Å². The minimum Gasteiger partial charge on any atom is -0.364 e. The number of halogens is 1. The summed E-state index contributed by atoms with van der Waals surface area (Å²) in [5.74, 6) is 0.0679. The van der Waals surface area contributed by atoms with Gasteiger partial charge in [-0.3, -0.25) is 4.79 Å². The van der Waals surface area contributed by atoms with Crippen LogP contribution in [-0.4, -0.2) is 37.7 Å². The Balaban J connectivity index is 1.87. The Morgan fingerprint density at radius 1 is 1.42 bits per heavy atom. The largest absolute Gasteiger partial charge is 0.364 e. The van der Waals surface area contributed by atoms with Crippen molar-refractivity contribution in [3.05, 3.63) is 27.8 Å². The summed E-state index contributed by atoms with van der Waals surface area (Å²) in [4.78, 5) is 13.3. The molecule has 0 radical (unpaired) electrons. The first-order valence-electron chi connectivity index (χ1n) is 6.57. The van der Waals surface area contributed by atoms with Crippen molar-refractivity contribution in [3.63, 3.8) is 0 Å². The van der Waals surface area contributed by atoms with Crippen LogP contribution >= 0.6 is 22.6 Å². The third-order valence-electron chi connectivity index (χ3n) is 3.14. The van der Waals surface area contributed by atoms with E-state index in [-0.39, 0.29) is 18.1 Å². The zero-order valence-corrected chi connectivity index (χ0v) is 13.4. The predicted molar refractivity (Wildman–Crippen MR) is 83.4 cm³/mol. The summed E-state index contributed by atoms with van der Waals surface area (Å²) in [6, 6.07) is 7.84. The summed E-state index contributed by atoms with van der Waals surface area (Å²) >= 11 is 2.24. The van der Waals surface area contributed by atoms with Crippen LogP contribution in [-0.2, 0) is 9.53 Å². The molecule has 0 aromatic heterocycles. The fraction of sp³-hybridized carbons (Fsp3) is 0.500. The van der Waals surface area contributed by atoms with E-state index in [0.29, 0.717) is 6.54 Å². The van der Waals surface area contributed by atoms with Gasteiger partial charge in [0, 0.05) is 9.26 Å². The fourth-order valence-corrected chi connectivity index (χ4v) is 3.08. The van der Waals surface area contributed by atoms with Gasteiger partial charge in [-0.05, 0) is 54.6 Å². The van der Waals surface area contributed by atoms with Crippen LogP contribution < -0.4 is 10.2 Å². The number of hydrogen-bond donors (Lipinski definition) is 2. The van der Waals surface area contributed by atoms with Crippen molar-refractivity contribution in [2.24, 2.45) is 0 Å². The number of rotatable bonds is 3. The Kier molecular flexibility index (Phi) is 5.18. The molecule has 2 atom stereocenters. The minimum absolute atomic E-state index is 0.0679. The van der Waals surface area contributed by atoms with Crippen LogP contribution in [0.1, 0.15) is 13.8 Å². The number of amides is 1. The fourth-order valence-electron chi connectivity index (χ4n) is 2.53. The molecule has 1 fully saturated rings. The second kappa shape index (κ2) is 6.67. The summed E-state index contributed by atoms with van der Waals surface area (Å²) in [5, 5.41) is 2.95. The molecule has 1 aromatic rings. The quantitative estimate of drug-likeness (QED) is 0.772. The number of hydrogen-bond acceptors (Lipinski definition) is 2. The van der Waals surface area contributed by atoms with E-state index in [1.54, 1.807) is 0 Å². The zero-order chi connectivity index (χ0) is 13.8. The SMILES string of the molecule is C[C@@H]1C[NH+](CC(=O)Nc2cccc(I)c2)C[C@@H](C)O1. The van der Waals surface area contributed by atoms with Crippen LogP contribution in [0.4, 0.5) is 5.69 Å². The van der Waals surface area contributed by atoms with Crippen molar-refractivity contribution >= 4 is 34.2 Å². The van der Waals surface area contributed by atoms with Gasteiger partial charge in [0.15, 0.2) is 6.54 Å². The molecule has 19 heavy (non-hydrogen) atoms. The highest BCUT2D eigenvalue weighted by molar-refractivity contribution is 14.1. The normalized spacial score (nSPS) is 27.0. The topological polar surface area (TPSA) is 42.8 Å². The second-order valence-corrected chi connectivity index (χ2v) is 6.40. The smallest absolute Gasteiger partial charge is 0.279 e. The van der Waals surface area contributed by atoms with E-state index < -0.39 is 0 Å². The molecule has 1 saturated heterocycles. The maximum Gasteiger partial charge on any atom is 0.279 e. The monoisotopic (exact) mass is 375 g/mol. The molecule has 4 nitrogen and oxygen atoms in total. The van der Waals surface area contributed by atoms with Crippen molar-refractivity contribution in [1.82, 2.24) is 0 Å². The lowest BCUT2D eigenvalue weighted by Gasteiger charge is -2.31. The number of carbonyl (C=O) groups excluding carboxylic acids is 1. The molecule has 0 unspecified atom stereocenters. The van der Waals surface area contributed by atoms with E-state index in [1.165, 1.54) is 4.90 Å². The van der Waals surface area contributed by atoms with E-state index >= 15 is 0 Å². The van der Waals surface area contributed by atoms with Crippen molar-refractivity contribution in [2.75, 3.05) is 25.0 Å². The molecule has 0 bridgehead atoms. The minimum atomic E-state index is 0.0679. The summed E-state index contributed by atoms with van der Waals surface area (Å²) in [6.45, 7) is 6.41. The number of anilines is 1. The number of nitrogens with one attached hydrogen (secondary N) is 2. The lowest BCUT2D eigenvalue weighted by molar-refractivity contribution is -0.907. The van der Waals surface area contributed by atoms with Gasteiger partial charge in [-0.25, -0.2) is 0 Å². The first kappa shape index (κ1) is 14.7. The highest BCUT2D eigenvalue weighted by Gasteiger charge is 2.27. The van der Waals surface area contributed by atoms with Crippen molar-refractivity contribution in [2.45, 2.75) is 26.1 Å². The van der Waals surface area contributed by atoms with Gasteiger partial charge >= 0.3 is 0 Å². The Morgan fingerprint density at radius 3 is 2.74 bits per heavy atom. The van der Waals surface area contributed by atoms with Crippen LogP contribution in [0.25, 0.3) is 0 Å². The van der Waals surface area contributed by atoms with Crippen molar-refractivity contribution in [3.8, 4) is 0 Å². The summed E-state index contributed by atoms with van der Waals surface area (Å²) in [7, 11) is 0. The Morgan fingerprint density at radius 2 is 2.11 bits per heavy atom. The average molecular weight is 375 g/mol. The molecule has 1 aliphatic heterocycles. The number of benzene rings is 1. The van der Waals surface area contributed by atoms with E-state index in [4.69, 9.17) is 4.74 Å². The average Bonchev–Trinajstić information content (AvgIpc) is 2.26. The highest BCUT2D eigenvalue weighted by atomic mass is 127.